The minimum atomic E-state index is -5.08. The van der Waals surface area contributed by atoms with Crippen molar-refractivity contribution in [3.8, 4) is 0 Å². The number of alkyl halides is 3. The second-order valence-corrected chi connectivity index (χ2v) is 8.21. The molecule has 1 aromatic heterocycles. The Kier molecular flexibility index (Phi) is 7.41. The van der Waals surface area contributed by atoms with Crippen LogP contribution in [0.4, 0.5) is 13.2 Å². The predicted octanol–water partition coefficient (Wildman–Crippen LogP) is 2.67. The summed E-state index contributed by atoms with van der Waals surface area (Å²) in [5.41, 5.74) is 1.23. The zero-order valence-corrected chi connectivity index (χ0v) is 16.6. The number of halogens is 3. The van der Waals surface area contributed by atoms with Crippen molar-refractivity contribution in [1.82, 2.24) is 10.2 Å². The highest BCUT2D eigenvalue weighted by atomic mass is 19.4. The van der Waals surface area contributed by atoms with E-state index in [4.69, 9.17) is 19.1 Å². The first kappa shape index (κ1) is 22.6. The molecule has 1 saturated carbocycles. The molecule has 1 amide bonds. The lowest BCUT2D eigenvalue weighted by Crippen LogP contribution is -2.42. The molecule has 1 aliphatic carbocycles. The number of carbonyl (C=O) groups excluding carboxylic acids is 1. The van der Waals surface area contributed by atoms with Gasteiger partial charge >= 0.3 is 12.1 Å². The Morgan fingerprint density at radius 2 is 2.00 bits per heavy atom. The summed E-state index contributed by atoms with van der Waals surface area (Å²) < 4.78 is 42.9. The maximum atomic E-state index is 12.1. The SMILES string of the molecule is O=C(C[C@@H]1OC[C@H]2CN(Cc3ccoc3)CC[C@H]21)NCC1CC1.O=C(O)C(F)(F)F. The highest BCUT2D eigenvalue weighted by Gasteiger charge is 2.41. The summed E-state index contributed by atoms with van der Waals surface area (Å²) in [5.74, 6) is -0.739. The molecule has 2 aliphatic heterocycles. The first-order chi connectivity index (χ1) is 14.2. The van der Waals surface area contributed by atoms with E-state index in [0.29, 0.717) is 18.3 Å². The molecule has 3 fully saturated rings. The number of carboxylic acid groups (broad SMARTS) is 1. The molecule has 0 bridgehead atoms. The highest BCUT2D eigenvalue weighted by molar-refractivity contribution is 5.76. The molecule has 3 atom stereocenters. The lowest BCUT2D eigenvalue weighted by Gasteiger charge is -2.35. The van der Waals surface area contributed by atoms with Crippen LogP contribution >= 0.6 is 0 Å². The lowest BCUT2D eigenvalue weighted by atomic mass is 9.83. The topological polar surface area (TPSA) is 92.0 Å². The second-order valence-electron chi connectivity index (χ2n) is 8.21. The fourth-order valence-electron chi connectivity index (χ4n) is 3.99. The number of carbonyl (C=O) groups is 2. The van der Waals surface area contributed by atoms with E-state index in [9.17, 15) is 18.0 Å². The number of furan rings is 1. The monoisotopic (exact) mass is 432 g/mol. The van der Waals surface area contributed by atoms with E-state index < -0.39 is 12.1 Å². The molecule has 7 nitrogen and oxygen atoms in total. The molecule has 0 aromatic carbocycles. The number of hydrogen-bond donors (Lipinski definition) is 2. The van der Waals surface area contributed by atoms with Crippen molar-refractivity contribution < 1.29 is 37.0 Å². The van der Waals surface area contributed by atoms with Crippen LogP contribution in [-0.2, 0) is 20.9 Å². The Hall–Kier alpha value is -2.07. The summed E-state index contributed by atoms with van der Waals surface area (Å²) in [6.45, 7) is 4.75. The third-order valence-electron chi connectivity index (χ3n) is 5.78. The fourth-order valence-corrected chi connectivity index (χ4v) is 3.99. The maximum absolute atomic E-state index is 12.1. The van der Waals surface area contributed by atoms with Gasteiger partial charge in [0.1, 0.15) is 0 Å². The number of nitrogens with zero attached hydrogens (tertiary/aromatic N) is 1. The number of fused-ring (bicyclic) bond motifs is 1. The van der Waals surface area contributed by atoms with Gasteiger partial charge < -0.3 is 19.6 Å². The van der Waals surface area contributed by atoms with Gasteiger partial charge in [0.15, 0.2) is 0 Å². The molecule has 0 unspecified atom stereocenters. The smallest absolute Gasteiger partial charge is 0.475 e. The Balaban J connectivity index is 0.000000318. The summed E-state index contributed by atoms with van der Waals surface area (Å²) in [5, 5.41) is 10.2. The average molecular weight is 432 g/mol. The van der Waals surface area contributed by atoms with Crippen LogP contribution in [0.3, 0.4) is 0 Å². The third-order valence-corrected chi connectivity index (χ3v) is 5.78. The number of aliphatic carboxylic acids is 1. The van der Waals surface area contributed by atoms with Crippen LogP contribution < -0.4 is 5.32 Å². The largest absolute Gasteiger partial charge is 0.490 e. The van der Waals surface area contributed by atoms with Crippen molar-refractivity contribution in [3.63, 3.8) is 0 Å². The first-order valence-electron chi connectivity index (χ1n) is 10.1. The van der Waals surface area contributed by atoms with Crippen molar-refractivity contribution >= 4 is 11.9 Å². The minimum Gasteiger partial charge on any atom is -0.475 e. The van der Waals surface area contributed by atoms with E-state index in [1.807, 2.05) is 12.3 Å². The van der Waals surface area contributed by atoms with Gasteiger partial charge in [-0.25, -0.2) is 4.79 Å². The van der Waals surface area contributed by atoms with E-state index in [2.05, 4.69) is 10.2 Å². The molecule has 2 saturated heterocycles. The molecular weight excluding hydrogens is 405 g/mol. The van der Waals surface area contributed by atoms with E-state index in [0.717, 1.165) is 45.1 Å². The van der Waals surface area contributed by atoms with Gasteiger partial charge in [-0.3, -0.25) is 9.69 Å². The van der Waals surface area contributed by atoms with Gasteiger partial charge in [0, 0.05) is 31.1 Å². The van der Waals surface area contributed by atoms with Crippen LogP contribution in [0.2, 0.25) is 0 Å². The van der Waals surface area contributed by atoms with Gasteiger partial charge in [-0.2, -0.15) is 13.2 Å². The van der Waals surface area contributed by atoms with Crippen LogP contribution in [-0.4, -0.2) is 60.4 Å². The van der Waals surface area contributed by atoms with Crippen LogP contribution in [0.1, 0.15) is 31.2 Å². The van der Waals surface area contributed by atoms with Gasteiger partial charge in [0.05, 0.1) is 31.7 Å². The number of amides is 1. The number of hydrogen-bond acceptors (Lipinski definition) is 5. The van der Waals surface area contributed by atoms with E-state index in [-0.39, 0.29) is 12.0 Å². The number of rotatable bonds is 6. The summed E-state index contributed by atoms with van der Waals surface area (Å²) in [6, 6.07) is 2.03. The first-order valence-corrected chi connectivity index (χ1v) is 10.1. The summed E-state index contributed by atoms with van der Waals surface area (Å²) in [4.78, 5) is 23.4. The van der Waals surface area contributed by atoms with E-state index in [1.54, 1.807) is 6.26 Å². The van der Waals surface area contributed by atoms with E-state index >= 15 is 0 Å². The standard InChI is InChI=1S/C18H26N2O3.C2HF3O2/c21-18(19-8-13-1-2-13)7-17-16-3-5-20(10-15(16)12-23-17)9-14-4-6-22-11-14;3-2(4,5)1(6)7/h4,6,11,13,15-17H,1-3,5,7-10,12H2,(H,19,21);(H,6,7)/t15-,16-,17+;/m1./s1. The van der Waals surface area contributed by atoms with Crippen LogP contribution in [0.5, 0.6) is 0 Å². The Morgan fingerprint density at radius 1 is 1.27 bits per heavy atom. The van der Waals surface area contributed by atoms with Crippen molar-refractivity contribution in [2.45, 2.75) is 44.5 Å². The molecule has 0 radical (unpaired) electrons. The molecule has 3 heterocycles. The number of piperidine rings is 1. The van der Waals surface area contributed by atoms with Crippen molar-refractivity contribution in [2.24, 2.45) is 17.8 Å². The molecule has 10 heteroatoms. The van der Waals surface area contributed by atoms with E-state index in [1.165, 1.54) is 18.4 Å². The molecule has 4 rings (SSSR count). The number of ether oxygens (including phenoxy) is 1. The second kappa shape index (κ2) is 9.82. The molecule has 3 aliphatic rings. The Morgan fingerprint density at radius 3 is 2.60 bits per heavy atom. The summed E-state index contributed by atoms with van der Waals surface area (Å²) >= 11 is 0. The molecular formula is C20H27F3N2O5. The fraction of sp³-hybridized carbons (Fsp3) is 0.700. The molecule has 0 spiro atoms. The third kappa shape index (κ3) is 6.73. The van der Waals surface area contributed by atoms with Crippen LogP contribution in [0.15, 0.2) is 23.0 Å². The zero-order valence-electron chi connectivity index (χ0n) is 16.6. The van der Waals surface area contributed by atoms with Crippen LogP contribution in [0, 0.1) is 17.8 Å². The normalized spacial score (nSPS) is 26.4. The molecule has 1 aromatic rings. The Bertz CT molecular complexity index is 706. The van der Waals surface area contributed by atoms with Gasteiger partial charge in [0.25, 0.3) is 0 Å². The molecule has 2 N–H and O–H groups in total. The minimum absolute atomic E-state index is 0.121. The van der Waals surface area contributed by atoms with Gasteiger partial charge in [-0.05, 0) is 43.7 Å². The van der Waals surface area contributed by atoms with Crippen molar-refractivity contribution in [2.75, 3.05) is 26.2 Å². The quantitative estimate of drug-likeness (QED) is 0.718. The predicted molar refractivity (Wildman–Crippen MR) is 99.4 cm³/mol. The highest BCUT2D eigenvalue weighted by Crippen LogP contribution is 2.36. The molecule has 30 heavy (non-hydrogen) atoms. The summed E-state index contributed by atoms with van der Waals surface area (Å²) in [6.07, 6.45) is 2.81. The Labute approximate surface area is 172 Å². The van der Waals surface area contributed by atoms with Crippen LogP contribution in [0.25, 0.3) is 0 Å². The number of likely N-dealkylation sites (tertiary alicyclic amines) is 1. The van der Waals surface area contributed by atoms with Gasteiger partial charge in [-0.15, -0.1) is 0 Å². The maximum Gasteiger partial charge on any atom is 0.490 e. The lowest BCUT2D eigenvalue weighted by molar-refractivity contribution is -0.192. The van der Waals surface area contributed by atoms with Gasteiger partial charge in [-0.1, -0.05) is 0 Å². The zero-order chi connectivity index (χ0) is 21.7. The molecule has 168 valence electrons. The van der Waals surface area contributed by atoms with Crippen molar-refractivity contribution in [1.29, 1.82) is 0 Å². The van der Waals surface area contributed by atoms with Gasteiger partial charge in [0.2, 0.25) is 5.91 Å². The number of carboxylic acids is 1. The number of nitrogens with one attached hydrogen (secondary N) is 1. The average Bonchev–Trinajstić information content (AvgIpc) is 3.23. The summed E-state index contributed by atoms with van der Waals surface area (Å²) in [7, 11) is 0. The van der Waals surface area contributed by atoms with Crippen molar-refractivity contribution in [3.05, 3.63) is 24.2 Å².